The number of thiophene rings is 1. The van der Waals surface area contributed by atoms with Gasteiger partial charge >= 0.3 is 0 Å². The second-order valence-corrected chi connectivity index (χ2v) is 7.83. The summed E-state index contributed by atoms with van der Waals surface area (Å²) in [6.45, 7) is 4.40. The molecule has 4 aromatic rings. The number of hydrogen-bond acceptors (Lipinski definition) is 4. The molecule has 0 saturated carbocycles. The number of fused-ring (bicyclic) bond motifs is 1. The number of para-hydroxylation sites is 1. The van der Waals surface area contributed by atoms with Gasteiger partial charge in [-0.1, -0.05) is 48.5 Å². The van der Waals surface area contributed by atoms with Crippen LogP contribution >= 0.6 is 11.3 Å². The molecule has 4 rings (SSSR count). The Morgan fingerprint density at radius 2 is 1.83 bits per heavy atom. The smallest absolute Gasteiger partial charge is 0.262 e. The first kappa shape index (κ1) is 19.1. The molecule has 2 aromatic heterocycles. The van der Waals surface area contributed by atoms with Gasteiger partial charge in [-0.2, -0.15) is 0 Å². The van der Waals surface area contributed by atoms with Crippen LogP contribution < -0.4 is 10.5 Å². The maximum absolute atomic E-state index is 13.0. The lowest BCUT2D eigenvalue weighted by atomic mass is 10.2. The summed E-state index contributed by atoms with van der Waals surface area (Å²) in [6, 6.07) is 19.5. The number of aryl methyl sites for hydroxylation is 1. The van der Waals surface area contributed by atoms with Crippen molar-refractivity contribution < 1.29 is 4.79 Å². The molecule has 0 atom stereocenters. The van der Waals surface area contributed by atoms with Gasteiger partial charge in [0.15, 0.2) is 0 Å². The van der Waals surface area contributed by atoms with Crippen molar-refractivity contribution in [3.05, 3.63) is 82.9 Å². The van der Waals surface area contributed by atoms with Crippen LogP contribution in [0.15, 0.2) is 71.8 Å². The van der Waals surface area contributed by atoms with Gasteiger partial charge in [0.2, 0.25) is 5.91 Å². The Morgan fingerprint density at radius 1 is 1.10 bits per heavy atom. The average molecular weight is 404 g/mol. The summed E-state index contributed by atoms with van der Waals surface area (Å²) in [5.74, 6) is -0.136. The van der Waals surface area contributed by atoms with Crippen molar-refractivity contribution >= 4 is 33.1 Å². The Bertz CT molecular complexity index is 1230. The fourth-order valence-corrected chi connectivity index (χ4v) is 4.39. The Labute approximate surface area is 172 Å². The number of carbonyl (C=O) groups excluding carboxylic acids is 1. The van der Waals surface area contributed by atoms with Gasteiger partial charge in [-0.15, -0.1) is 11.3 Å². The molecule has 29 heavy (non-hydrogen) atoms. The summed E-state index contributed by atoms with van der Waals surface area (Å²) in [7, 11) is 0. The zero-order valence-electron chi connectivity index (χ0n) is 16.3. The number of amides is 1. The van der Waals surface area contributed by atoms with Gasteiger partial charge < -0.3 is 4.90 Å². The van der Waals surface area contributed by atoms with Crippen molar-refractivity contribution in [3.63, 3.8) is 0 Å². The summed E-state index contributed by atoms with van der Waals surface area (Å²) in [5, 5.41) is 0.545. The van der Waals surface area contributed by atoms with Crippen LogP contribution in [-0.4, -0.2) is 22.0 Å². The molecule has 0 spiro atoms. The zero-order chi connectivity index (χ0) is 20.4. The molecule has 0 saturated heterocycles. The van der Waals surface area contributed by atoms with E-state index in [1.165, 1.54) is 22.2 Å². The van der Waals surface area contributed by atoms with Crippen LogP contribution in [0.25, 0.3) is 20.7 Å². The molecular formula is C23H21N3O2S. The van der Waals surface area contributed by atoms with E-state index < -0.39 is 0 Å². The van der Waals surface area contributed by atoms with Gasteiger partial charge in [0, 0.05) is 17.1 Å². The normalized spacial score (nSPS) is 11.0. The van der Waals surface area contributed by atoms with Crippen LogP contribution in [0.2, 0.25) is 0 Å². The minimum absolute atomic E-state index is 0.0412. The molecule has 0 unspecified atom stereocenters. The summed E-state index contributed by atoms with van der Waals surface area (Å²) in [6.07, 6.45) is 1.47. The molecule has 5 nitrogen and oxygen atoms in total. The van der Waals surface area contributed by atoms with E-state index in [1.54, 1.807) is 4.90 Å². The second-order valence-electron chi connectivity index (χ2n) is 6.80. The topological polar surface area (TPSA) is 55.2 Å². The molecule has 0 aliphatic heterocycles. The number of nitrogens with zero attached hydrogens (tertiary/aromatic N) is 3. The number of hydrogen-bond donors (Lipinski definition) is 0. The Balaban J connectivity index is 1.66. The van der Waals surface area contributed by atoms with E-state index in [0.717, 1.165) is 21.7 Å². The average Bonchev–Trinajstić information content (AvgIpc) is 3.18. The molecule has 0 fully saturated rings. The third kappa shape index (κ3) is 3.71. The molecule has 0 radical (unpaired) electrons. The molecular weight excluding hydrogens is 382 g/mol. The van der Waals surface area contributed by atoms with Crippen molar-refractivity contribution in [2.75, 3.05) is 11.4 Å². The molecule has 6 heteroatoms. The van der Waals surface area contributed by atoms with Gasteiger partial charge in [0.05, 0.1) is 11.7 Å². The summed E-state index contributed by atoms with van der Waals surface area (Å²) >= 11 is 1.48. The Hall–Kier alpha value is -3.25. The van der Waals surface area contributed by atoms with Crippen molar-refractivity contribution in [1.29, 1.82) is 0 Å². The van der Waals surface area contributed by atoms with Crippen LogP contribution in [0.5, 0.6) is 0 Å². The van der Waals surface area contributed by atoms with Crippen LogP contribution in [0.4, 0.5) is 5.69 Å². The van der Waals surface area contributed by atoms with E-state index in [4.69, 9.17) is 0 Å². The van der Waals surface area contributed by atoms with Crippen molar-refractivity contribution in [2.24, 2.45) is 0 Å². The van der Waals surface area contributed by atoms with Gasteiger partial charge in [-0.25, -0.2) is 4.98 Å². The minimum atomic E-state index is -0.192. The first-order valence-electron chi connectivity index (χ1n) is 9.49. The van der Waals surface area contributed by atoms with Crippen LogP contribution in [0.1, 0.15) is 12.5 Å². The lowest BCUT2D eigenvalue weighted by molar-refractivity contribution is -0.119. The van der Waals surface area contributed by atoms with Gasteiger partial charge in [0.1, 0.15) is 11.4 Å². The van der Waals surface area contributed by atoms with E-state index in [2.05, 4.69) is 4.98 Å². The lowest BCUT2D eigenvalue weighted by Gasteiger charge is -2.23. The highest BCUT2D eigenvalue weighted by Gasteiger charge is 2.18. The number of rotatable bonds is 5. The number of benzene rings is 2. The summed E-state index contributed by atoms with van der Waals surface area (Å²) in [4.78, 5) is 33.7. The maximum Gasteiger partial charge on any atom is 0.262 e. The number of anilines is 1. The highest BCUT2D eigenvalue weighted by Crippen LogP contribution is 2.30. The molecule has 146 valence electrons. The fourth-order valence-electron chi connectivity index (χ4n) is 3.40. The molecule has 0 aliphatic rings. The third-order valence-electron chi connectivity index (χ3n) is 4.91. The van der Waals surface area contributed by atoms with E-state index in [-0.39, 0.29) is 18.0 Å². The third-order valence-corrected chi connectivity index (χ3v) is 6.00. The number of likely N-dealkylation sites (N-methyl/N-ethyl adjacent to an activating group) is 1. The first-order valence-corrected chi connectivity index (χ1v) is 10.3. The number of aromatic nitrogens is 2. The van der Waals surface area contributed by atoms with E-state index in [0.29, 0.717) is 16.8 Å². The van der Waals surface area contributed by atoms with Crippen molar-refractivity contribution in [1.82, 2.24) is 9.55 Å². The lowest BCUT2D eigenvalue weighted by Crippen LogP contribution is -2.36. The van der Waals surface area contributed by atoms with Gasteiger partial charge in [0.25, 0.3) is 5.56 Å². The molecule has 0 aliphatic carbocycles. The molecule has 1 amide bonds. The molecule has 2 heterocycles. The highest BCUT2D eigenvalue weighted by atomic mass is 32.1. The molecule has 2 aromatic carbocycles. The molecule has 0 bridgehead atoms. The second kappa shape index (κ2) is 8.01. The van der Waals surface area contributed by atoms with E-state index >= 15 is 0 Å². The monoisotopic (exact) mass is 403 g/mol. The van der Waals surface area contributed by atoms with E-state index in [1.807, 2.05) is 74.5 Å². The van der Waals surface area contributed by atoms with Gasteiger partial charge in [-0.05, 0) is 37.1 Å². The van der Waals surface area contributed by atoms with Crippen LogP contribution in [-0.2, 0) is 11.3 Å². The predicted molar refractivity (Wildman–Crippen MR) is 119 cm³/mol. The largest absolute Gasteiger partial charge is 0.311 e. The van der Waals surface area contributed by atoms with Gasteiger partial charge in [-0.3, -0.25) is 14.2 Å². The van der Waals surface area contributed by atoms with E-state index in [9.17, 15) is 9.59 Å². The summed E-state index contributed by atoms with van der Waals surface area (Å²) < 4.78 is 1.40. The summed E-state index contributed by atoms with van der Waals surface area (Å²) in [5.41, 5.74) is 2.75. The Morgan fingerprint density at radius 3 is 2.55 bits per heavy atom. The SMILES string of the molecule is CCN(C(=O)Cn1cnc2sc(-c3ccccc3)cc2c1=O)c1ccccc1C. The standard InChI is InChI=1S/C23H21N3O2S/c1-3-26(19-12-8-7-9-16(19)2)21(27)14-25-15-24-22-18(23(25)28)13-20(29-22)17-10-5-4-6-11-17/h4-13,15H,3,14H2,1-2H3. The predicted octanol–water partition coefficient (Wildman–Crippen LogP) is 4.49. The van der Waals surface area contributed by atoms with Crippen molar-refractivity contribution in [3.8, 4) is 10.4 Å². The Kier molecular flexibility index (Phi) is 5.27. The molecule has 0 N–H and O–H groups in total. The quantitative estimate of drug-likeness (QED) is 0.493. The van der Waals surface area contributed by atoms with Crippen LogP contribution in [0.3, 0.4) is 0 Å². The zero-order valence-corrected chi connectivity index (χ0v) is 17.1. The first-order chi connectivity index (χ1) is 14.1. The minimum Gasteiger partial charge on any atom is -0.311 e. The highest BCUT2D eigenvalue weighted by molar-refractivity contribution is 7.21. The van der Waals surface area contributed by atoms with Crippen LogP contribution in [0, 0.1) is 6.92 Å². The van der Waals surface area contributed by atoms with Crippen molar-refractivity contribution in [2.45, 2.75) is 20.4 Å². The number of carbonyl (C=O) groups is 1. The maximum atomic E-state index is 13.0. The fraction of sp³-hybridized carbons (Fsp3) is 0.174.